The Labute approximate surface area is 435 Å². The lowest BCUT2D eigenvalue weighted by Crippen LogP contribution is -2.63. The van der Waals surface area contributed by atoms with Crippen LogP contribution in [0.3, 0.4) is 0 Å². The quantitative estimate of drug-likeness (QED) is 0.116. The van der Waals surface area contributed by atoms with Gasteiger partial charge in [-0.1, -0.05) is 43.7 Å². The van der Waals surface area contributed by atoms with Crippen LogP contribution in [0.25, 0.3) is 17.5 Å². The van der Waals surface area contributed by atoms with E-state index in [1.807, 2.05) is 33.8 Å². The largest absolute Gasteiger partial charge is 0.462 e. The fourth-order valence-electron chi connectivity index (χ4n) is 10.4. The second-order valence-corrected chi connectivity index (χ2v) is 20.2. The van der Waals surface area contributed by atoms with Crippen molar-refractivity contribution < 1.29 is 67.6 Å². The first-order valence-electron chi connectivity index (χ1n) is 25.9. The number of ether oxygens (including phenoxy) is 8. The van der Waals surface area contributed by atoms with Crippen molar-refractivity contribution in [2.75, 3.05) is 67.1 Å². The second kappa shape index (κ2) is 28.5. The Morgan fingerprint density at radius 2 is 1.72 bits per heavy atom. The van der Waals surface area contributed by atoms with Gasteiger partial charge in [-0.05, 0) is 102 Å². The van der Waals surface area contributed by atoms with Crippen LogP contribution in [0.5, 0.6) is 0 Å². The molecule has 5 N–H and O–H groups in total. The molecular weight excluding hydrogens is 957 g/mol. The second-order valence-electron chi connectivity index (χ2n) is 20.2. The lowest BCUT2D eigenvalue weighted by Gasteiger charge is -2.47. The van der Waals surface area contributed by atoms with Crippen molar-refractivity contribution in [3.05, 3.63) is 66.2 Å². The zero-order valence-corrected chi connectivity index (χ0v) is 44.4. The number of anilines is 1. The Kier molecular flexibility index (Phi) is 22.6. The maximum absolute atomic E-state index is 14.5. The average molecular weight is 1040 g/mol. The van der Waals surface area contributed by atoms with Crippen molar-refractivity contribution in [1.82, 2.24) is 19.9 Å². The number of oxime groups is 1. The number of likely N-dealkylation sites (N-methyl/N-ethyl adjacent to an activating group) is 1. The first-order chi connectivity index (χ1) is 35.5. The molecule has 0 amide bonds. The number of aromatic nitrogens is 3. The van der Waals surface area contributed by atoms with Crippen LogP contribution in [0, 0.1) is 23.7 Å². The summed E-state index contributed by atoms with van der Waals surface area (Å²) in [5.74, 6) is -1.76. The maximum Gasteiger partial charge on any atom is 0.308 e. The van der Waals surface area contributed by atoms with Crippen molar-refractivity contribution in [2.45, 2.75) is 147 Å². The Morgan fingerprint density at radius 1 is 0.959 bits per heavy atom. The molecule has 1 saturated carbocycles. The summed E-state index contributed by atoms with van der Waals surface area (Å²) < 4.78 is 50.4. The molecule has 5 heterocycles. The van der Waals surface area contributed by atoms with Crippen molar-refractivity contribution in [2.24, 2.45) is 28.8 Å². The number of cyclic esters (lactones) is 1. The number of nitrogens with zero attached hydrogens (tertiary/aromatic N) is 5. The van der Waals surface area contributed by atoms with Gasteiger partial charge in [0.25, 0.3) is 0 Å². The van der Waals surface area contributed by atoms with Crippen molar-refractivity contribution in [1.29, 1.82) is 0 Å². The van der Waals surface area contributed by atoms with Crippen LogP contribution in [0.2, 0.25) is 0 Å². The number of carbonyl (C=O) groups is 2. The molecule has 20 heteroatoms. The van der Waals surface area contributed by atoms with Gasteiger partial charge < -0.3 is 68.7 Å². The number of methoxy groups -OCH3 is 2. The monoisotopic (exact) mass is 1040 g/mol. The highest BCUT2D eigenvalue weighted by Gasteiger charge is 2.48. The zero-order chi connectivity index (χ0) is 53.5. The first kappa shape index (κ1) is 58.7. The molecule has 4 aliphatic rings. The predicted molar refractivity (Wildman–Crippen MR) is 275 cm³/mol. The van der Waals surface area contributed by atoms with Crippen LogP contribution in [0.1, 0.15) is 78.8 Å². The lowest BCUT2D eigenvalue weighted by molar-refractivity contribution is -0.305. The number of fused-ring (bicyclic) bond motifs is 3. The molecule has 0 spiro atoms. The summed E-state index contributed by atoms with van der Waals surface area (Å²) in [6.07, 6.45) is 5.40. The molecule has 3 aliphatic heterocycles. The number of nitrogens with two attached hydrogens (primary N) is 1. The minimum atomic E-state index is -1.26. The van der Waals surface area contributed by atoms with Gasteiger partial charge in [-0.25, -0.2) is 15.0 Å². The molecule has 6 rings (SSSR count). The summed E-state index contributed by atoms with van der Waals surface area (Å²) >= 11 is 0. The van der Waals surface area contributed by atoms with E-state index in [0.717, 1.165) is 5.57 Å². The summed E-state index contributed by atoms with van der Waals surface area (Å²) in [6.45, 7) is 9.74. The summed E-state index contributed by atoms with van der Waals surface area (Å²) in [4.78, 5) is 49.1. The van der Waals surface area contributed by atoms with Crippen LogP contribution >= 0.6 is 0 Å². The number of allylic oxidation sites excluding steroid dienone is 3. The molecule has 1 aliphatic carbocycles. The molecular formula is C54H80N6O14. The number of esters is 1. The Morgan fingerprint density at radius 3 is 2.42 bits per heavy atom. The average Bonchev–Trinajstić information content (AvgIpc) is 3.40. The van der Waals surface area contributed by atoms with E-state index in [4.69, 9.17) is 48.5 Å². The molecule has 2 aromatic heterocycles. The third kappa shape index (κ3) is 15.8. The minimum Gasteiger partial charge on any atom is -0.462 e. The van der Waals surface area contributed by atoms with Gasteiger partial charge in [-0.15, -0.1) is 0 Å². The highest BCUT2D eigenvalue weighted by molar-refractivity contribution is 5.91. The smallest absolute Gasteiger partial charge is 0.308 e. The molecule has 410 valence electrons. The zero-order valence-electron chi connectivity index (χ0n) is 44.4. The molecule has 0 radical (unpaired) electrons. The molecule has 74 heavy (non-hydrogen) atoms. The molecule has 16 atom stereocenters. The third-order valence-corrected chi connectivity index (χ3v) is 14.6. The van der Waals surface area contributed by atoms with E-state index >= 15 is 0 Å². The number of hydrogen-bond donors (Lipinski definition) is 4. The van der Waals surface area contributed by atoms with E-state index in [2.05, 4.69) is 20.1 Å². The molecule has 2 aromatic rings. The Hall–Kier alpha value is -4.58. The van der Waals surface area contributed by atoms with Gasteiger partial charge in [0.15, 0.2) is 17.9 Å². The van der Waals surface area contributed by atoms with Crippen molar-refractivity contribution in [3.63, 3.8) is 0 Å². The predicted octanol–water partition coefficient (Wildman–Crippen LogP) is 4.36. The molecule has 1 unspecified atom stereocenters. The van der Waals surface area contributed by atoms with Gasteiger partial charge in [0, 0.05) is 51.0 Å². The summed E-state index contributed by atoms with van der Waals surface area (Å²) in [7, 11) is 6.63. The van der Waals surface area contributed by atoms with E-state index in [1.165, 1.54) is 7.11 Å². The molecule has 3 fully saturated rings. The van der Waals surface area contributed by atoms with Crippen LogP contribution < -0.4 is 5.73 Å². The number of carbonyl (C=O) groups excluding carboxylic acids is 2. The fourth-order valence-corrected chi connectivity index (χ4v) is 10.4. The number of aliphatic hydroxyl groups is 3. The van der Waals surface area contributed by atoms with Gasteiger partial charge in [-0.2, -0.15) is 0 Å². The number of pyridine rings is 1. The first-order valence-corrected chi connectivity index (χ1v) is 25.9. The van der Waals surface area contributed by atoms with Crippen LogP contribution in [0.15, 0.2) is 65.6 Å². The van der Waals surface area contributed by atoms with Gasteiger partial charge >= 0.3 is 5.97 Å². The molecule has 2 bridgehead atoms. The van der Waals surface area contributed by atoms with Gasteiger partial charge in [0.2, 0.25) is 0 Å². The topological polar surface area (TPSA) is 258 Å². The Bertz CT molecular complexity index is 2220. The van der Waals surface area contributed by atoms with E-state index in [-0.39, 0.29) is 57.0 Å². The van der Waals surface area contributed by atoms with Gasteiger partial charge in [0.05, 0.1) is 80.2 Å². The molecule has 20 nitrogen and oxygen atoms in total. The summed E-state index contributed by atoms with van der Waals surface area (Å²) in [6, 6.07) is 4.61. The lowest BCUT2D eigenvalue weighted by atomic mass is 9.79. The highest BCUT2D eigenvalue weighted by Crippen LogP contribution is 2.36. The maximum atomic E-state index is 14.5. The van der Waals surface area contributed by atoms with E-state index in [1.54, 1.807) is 87.9 Å². The van der Waals surface area contributed by atoms with Gasteiger partial charge in [-0.3, -0.25) is 9.59 Å². The van der Waals surface area contributed by atoms with Crippen molar-refractivity contribution in [3.8, 4) is 11.4 Å². The highest BCUT2D eigenvalue weighted by atomic mass is 16.7. The molecule has 2 saturated heterocycles. The van der Waals surface area contributed by atoms with E-state index in [9.17, 15) is 24.9 Å². The standard InChI is InChI=1S/C54H80N6O14/c1-10-42-36(28-69-43-19-18-41(62)50(66-8)51(43)67-9)25-31(2)14-17-40(61)32(3)26-35-20-24-68-29-38(59-71-23-11-13-37-15-16-39(52(55)58-37)53-56-21-12-22-57-53)30-70-44(27-45(63)73-42)33(4)49(35)74-54-48(65)46(60(6)7)47(64)34(5)72-54/h11-17,21-22,25,32-36,41-44,46-51,54,62,64-65H,10,18-20,23-24,26-30H2,1-9H3,(H2,55,58)/b13-11+,17-14+,31-25+,59-38+/t32-,33+,34-,35?,36-,41-,42-,43-,44-,46+,47-,48-,49-,50-,51+,54+/m1/s1. The van der Waals surface area contributed by atoms with Crippen LogP contribution in [0.4, 0.5) is 5.82 Å². The molecule has 0 aromatic carbocycles. The van der Waals surface area contributed by atoms with Crippen LogP contribution in [-0.4, -0.2) is 187 Å². The normalized spacial score (nSPS) is 36.0. The van der Waals surface area contributed by atoms with E-state index < -0.39 is 97.1 Å². The summed E-state index contributed by atoms with van der Waals surface area (Å²) in [5.41, 5.74) is 8.65. The Balaban J connectivity index is 1.29. The summed E-state index contributed by atoms with van der Waals surface area (Å²) in [5, 5.41) is 37.9. The van der Waals surface area contributed by atoms with Crippen LogP contribution in [-0.2, 0) is 52.3 Å². The number of rotatable bonds is 14. The fraction of sp³-hybridized carbons (Fsp3) is 0.667. The SMILES string of the molecule is CC[C@H]1OC(=O)C[C@H]2OC/C(=N/OC/C=C/c3ccc(-c4ncccn4)c(N)n3)COCCC(C[C@@H](C)C(=O)/C=C/C(C)=C/[C@@H]1CO[C@@H]1CC[C@@H](O)[C@@H](OC)[C@H]1OC)[C@H](O[C@@H]1O[C@H](C)[C@@H](O)[C@H](N(C)C)[C@H]1O)[C@H]2C. The number of nitrogen functional groups attached to an aromatic ring is 1. The van der Waals surface area contributed by atoms with Crippen molar-refractivity contribution >= 4 is 29.4 Å². The third-order valence-electron chi connectivity index (χ3n) is 14.6. The van der Waals surface area contributed by atoms with E-state index in [0.29, 0.717) is 54.9 Å². The number of hydrogen-bond acceptors (Lipinski definition) is 20. The minimum absolute atomic E-state index is 0.0375. The number of ketones is 1. The van der Waals surface area contributed by atoms with Gasteiger partial charge in [0.1, 0.15) is 42.6 Å². The number of aliphatic hydroxyl groups excluding tert-OH is 3.